The smallest absolute Gasteiger partial charge is 0.263 e. The van der Waals surface area contributed by atoms with E-state index in [1.807, 2.05) is 0 Å². The standard InChI is InChI=1S/C32H41ClN4O4/c1-3-5-7-9-11-13-17-36-29(38)20-19-21(33)23-24-22(20)25(31(36)40)27-28(35-16-15-34-27)26(24)32(41)37(30(23)39)18-14-12-10-8-6-4-2/h19,38,41H,3-18H2,1-2H3. The molecule has 0 saturated carbocycles. The lowest BCUT2D eigenvalue weighted by atomic mass is 9.94. The first-order valence-corrected chi connectivity index (χ1v) is 15.8. The van der Waals surface area contributed by atoms with E-state index in [1.165, 1.54) is 22.0 Å². The number of rotatable bonds is 14. The van der Waals surface area contributed by atoms with Crippen molar-refractivity contribution in [3.63, 3.8) is 0 Å². The third kappa shape index (κ3) is 5.31. The van der Waals surface area contributed by atoms with E-state index in [0.29, 0.717) is 63.8 Å². The molecule has 8 nitrogen and oxygen atoms in total. The van der Waals surface area contributed by atoms with Crippen molar-refractivity contribution in [3.8, 4) is 11.8 Å². The second-order valence-electron chi connectivity index (χ2n) is 11.3. The van der Waals surface area contributed by atoms with E-state index in [0.717, 1.165) is 64.2 Å². The molecule has 0 bridgehead atoms. The number of unbranched alkanes of at least 4 members (excludes halogenated alkanes) is 10. The molecule has 0 fully saturated rings. The number of aromatic hydroxyl groups is 2. The van der Waals surface area contributed by atoms with Crippen LogP contribution in [0, 0.1) is 0 Å². The summed E-state index contributed by atoms with van der Waals surface area (Å²) in [5.74, 6) is -0.362. The normalized spacial score (nSPS) is 13.2. The molecule has 41 heavy (non-hydrogen) atoms. The van der Waals surface area contributed by atoms with Crippen LogP contribution < -0.4 is 21.8 Å². The molecule has 0 aliphatic carbocycles. The van der Waals surface area contributed by atoms with Gasteiger partial charge in [-0.25, -0.2) is 0 Å². The van der Waals surface area contributed by atoms with Crippen molar-refractivity contribution in [2.75, 3.05) is 13.1 Å². The maximum Gasteiger partial charge on any atom is 0.263 e. The van der Waals surface area contributed by atoms with Gasteiger partial charge in [0.2, 0.25) is 11.8 Å². The lowest BCUT2D eigenvalue weighted by Crippen LogP contribution is -2.38. The molecule has 0 spiro atoms. The monoisotopic (exact) mass is 580 g/mol. The van der Waals surface area contributed by atoms with Crippen LogP contribution in [0.4, 0.5) is 0 Å². The minimum absolute atomic E-state index is 0.176. The summed E-state index contributed by atoms with van der Waals surface area (Å²) < 4.78 is 2.79. The lowest BCUT2D eigenvalue weighted by Gasteiger charge is -2.20. The molecule has 0 amide bonds. The van der Waals surface area contributed by atoms with Gasteiger partial charge >= 0.3 is 0 Å². The number of hydrogen-bond acceptors (Lipinski definition) is 6. The minimum atomic E-state index is -0.403. The second-order valence-corrected chi connectivity index (χ2v) is 11.7. The molecule has 0 atom stereocenters. The average molecular weight is 581 g/mol. The van der Waals surface area contributed by atoms with Gasteiger partial charge in [-0.1, -0.05) is 89.7 Å². The third-order valence-electron chi connectivity index (χ3n) is 8.48. The zero-order chi connectivity index (χ0) is 29.1. The topological polar surface area (TPSA) is 109 Å². The fourth-order valence-corrected chi connectivity index (χ4v) is 6.62. The summed E-state index contributed by atoms with van der Waals surface area (Å²) in [4.78, 5) is 37.2. The summed E-state index contributed by atoms with van der Waals surface area (Å²) in [6.45, 7) is 5.91. The number of pyridine rings is 2. The molecule has 1 aliphatic heterocycles. The molecule has 2 aromatic carbocycles. The van der Waals surface area contributed by atoms with Crippen LogP contribution in [0.25, 0.3) is 32.3 Å². The van der Waals surface area contributed by atoms with Crippen molar-refractivity contribution in [2.45, 2.75) is 104 Å². The first-order chi connectivity index (χ1) is 19.9. The molecule has 9 heteroatoms. The van der Waals surface area contributed by atoms with Crippen LogP contribution >= 0.6 is 11.6 Å². The zero-order valence-corrected chi connectivity index (χ0v) is 25.0. The Morgan fingerprint density at radius 1 is 0.659 bits per heavy atom. The van der Waals surface area contributed by atoms with Gasteiger partial charge in [-0.05, 0) is 18.9 Å². The van der Waals surface area contributed by atoms with Gasteiger partial charge in [-0.2, -0.15) is 0 Å². The van der Waals surface area contributed by atoms with Crippen LogP contribution in [-0.2, 0) is 13.1 Å². The Morgan fingerprint density at radius 2 is 1.15 bits per heavy atom. The highest BCUT2D eigenvalue weighted by molar-refractivity contribution is 6.40. The Kier molecular flexibility index (Phi) is 9.17. The number of fused-ring (bicyclic) bond motifs is 3. The first kappa shape index (κ1) is 29.4. The molecule has 2 aromatic heterocycles. The third-order valence-corrected chi connectivity index (χ3v) is 8.78. The van der Waals surface area contributed by atoms with Crippen LogP contribution in [0.2, 0.25) is 5.02 Å². The summed E-state index contributed by atoms with van der Waals surface area (Å²) in [7, 11) is 0. The largest absolute Gasteiger partial charge is 0.494 e. The number of aromatic nitrogens is 2. The van der Waals surface area contributed by atoms with Crippen LogP contribution in [0.3, 0.4) is 0 Å². The van der Waals surface area contributed by atoms with Gasteiger partial charge in [0.05, 0.1) is 45.0 Å². The number of benzene rings is 2. The predicted molar refractivity (Wildman–Crippen MR) is 166 cm³/mol. The highest BCUT2D eigenvalue weighted by atomic mass is 35.5. The van der Waals surface area contributed by atoms with Crippen molar-refractivity contribution in [2.24, 2.45) is 9.98 Å². The van der Waals surface area contributed by atoms with Crippen LogP contribution in [0.15, 0.2) is 25.6 Å². The average Bonchev–Trinajstić information content (AvgIpc) is 2.96. The van der Waals surface area contributed by atoms with Crippen molar-refractivity contribution < 1.29 is 10.2 Å². The first-order valence-electron chi connectivity index (χ1n) is 15.4. The Bertz CT molecular complexity index is 1810. The zero-order valence-electron chi connectivity index (χ0n) is 24.3. The van der Waals surface area contributed by atoms with E-state index in [1.54, 1.807) is 6.07 Å². The fraction of sp³-hybridized carbons (Fsp3) is 0.562. The molecule has 0 saturated heterocycles. The molecule has 0 unspecified atom stereocenters. The maximum absolute atomic E-state index is 14.0. The highest BCUT2D eigenvalue weighted by Crippen LogP contribution is 2.39. The van der Waals surface area contributed by atoms with E-state index < -0.39 is 5.56 Å². The van der Waals surface area contributed by atoms with E-state index in [2.05, 4.69) is 13.8 Å². The summed E-state index contributed by atoms with van der Waals surface area (Å²) in [5.41, 5.74) is -0.762. The van der Waals surface area contributed by atoms with Gasteiger partial charge in [-0.3, -0.25) is 28.7 Å². The van der Waals surface area contributed by atoms with Crippen LogP contribution in [0.5, 0.6) is 11.8 Å². The van der Waals surface area contributed by atoms with Gasteiger partial charge in [0.15, 0.2) is 0 Å². The minimum Gasteiger partial charge on any atom is -0.494 e. The van der Waals surface area contributed by atoms with Gasteiger partial charge in [-0.15, -0.1) is 0 Å². The summed E-state index contributed by atoms with van der Waals surface area (Å²) in [6, 6.07) is 1.58. The van der Waals surface area contributed by atoms with Crippen molar-refractivity contribution in [1.29, 1.82) is 0 Å². The summed E-state index contributed by atoms with van der Waals surface area (Å²) >= 11 is 6.78. The van der Waals surface area contributed by atoms with E-state index in [4.69, 9.17) is 21.6 Å². The number of hydrogen-bond donors (Lipinski definition) is 2. The number of halogens is 1. The highest BCUT2D eigenvalue weighted by Gasteiger charge is 2.27. The Balaban J connectivity index is 1.71. The van der Waals surface area contributed by atoms with Crippen molar-refractivity contribution in [3.05, 3.63) is 42.5 Å². The molecule has 1 aliphatic rings. The molecule has 3 heterocycles. The predicted octanol–water partition coefficient (Wildman–Crippen LogP) is 5.95. The maximum atomic E-state index is 14.0. The Hall–Kier alpha value is -3.13. The molecule has 0 radical (unpaired) electrons. The SMILES string of the molecule is CCCCCCCCn1c(O)c2c3c(c4c(=O)n(CCCCCCCC)c(O)c5cc(Cl)c(c1=O)c2c54)=NCCN=3. The van der Waals surface area contributed by atoms with E-state index in [9.17, 15) is 19.8 Å². The molecule has 220 valence electrons. The van der Waals surface area contributed by atoms with Gasteiger partial charge in [0, 0.05) is 29.2 Å². The van der Waals surface area contributed by atoms with E-state index in [-0.39, 0.29) is 27.7 Å². The molecule has 5 rings (SSSR count). The summed E-state index contributed by atoms with van der Waals surface area (Å²) in [6.07, 6.45) is 12.6. The fourth-order valence-electron chi connectivity index (χ4n) is 6.33. The van der Waals surface area contributed by atoms with Crippen molar-refractivity contribution in [1.82, 2.24) is 9.13 Å². The quantitative estimate of drug-likeness (QED) is 0.142. The molecular weight excluding hydrogens is 540 g/mol. The molecule has 2 N–H and O–H groups in total. The van der Waals surface area contributed by atoms with Crippen LogP contribution in [-0.4, -0.2) is 32.4 Å². The molecular formula is C32H41ClN4O4. The Morgan fingerprint density at radius 3 is 1.73 bits per heavy atom. The van der Waals surface area contributed by atoms with Crippen LogP contribution in [0.1, 0.15) is 90.9 Å². The second kappa shape index (κ2) is 12.8. The number of nitrogens with zero attached hydrogens (tertiary/aromatic N) is 4. The molecule has 4 aromatic rings. The van der Waals surface area contributed by atoms with Crippen molar-refractivity contribution >= 4 is 43.9 Å². The van der Waals surface area contributed by atoms with Gasteiger partial charge in [0.1, 0.15) is 0 Å². The summed E-state index contributed by atoms with van der Waals surface area (Å²) in [5, 5.41) is 26.1. The Labute approximate surface area is 244 Å². The van der Waals surface area contributed by atoms with Gasteiger partial charge in [0.25, 0.3) is 11.1 Å². The van der Waals surface area contributed by atoms with E-state index >= 15 is 0 Å². The lowest BCUT2D eigenvalue weighted by molar-refractivity contribution is 0.404. The van der Waals surface area contributed by atoms with Gasteiger partial charge < -0.3 is 10.2 Å².